The first kappa shape index (κ1) is 21.6. The van der Waals surface area contributed by atoms with Crippen LogP contribution in [-0.4, -0.2) is 17.3 Å². The van der Waals surface area contributed by atoms with E-state index in [1.807, 2.05) is 0 Å². The minimum Gasteiger partial charge on any atom is -0.393 e. The van der Waals surface area contributed by atoms with Gasteiger partial charge >= 0.3 is 0 Å². The zero-order valence-electron chi connectivity index (χ0n) is 19.3. The molecule has 0 aliphatic heterocycles. The van der Waals surface area contributed by atoms with E-state index in [2.05, 4.69) is 52.0 Å². The molecule has 29 heavy (non-hydrogen) atoms. The van der Waals surface area contributed by atoms with Crippen molar-refractivity contribution in [3.8, 4) is 0 Å². The Morgan fingerprint density at radius 3 is 2.52 bits per heavy atom. The molecule has 0 aromatic carbocycles. The van der Waals surface area contributed by atoms with Crippen LogP contribution in [0.3, 0.4) is 0 Å². The molecule has 4 aliphatic rings. The van der Waals surface area contributed by atoms with E-state index in [-0.39, 0.29) is 12.1 Å². The molecule has 2 heteroatoms. The molecule has 0 aromatic rings. The van der Waals surface area contributed by atoms with Gasteiger partial charge in [0.05, 0.1) is 6.10 Å². The fourth-order valence-electron chi connectivity index (χ4n) is 8.38. The average Bonchev–Trinajstić information content (AvgIpc) is 3.04. The molecule has 0 radical (unpaired) electrons. The third kappa shape index (κ3) is 3.67. The Bertz CT molecular complexity index is 640. The van der Waals surface area contributed by atoms with Crippen molar-refractivity contribution in [2.75, 3.05) is 0 Å². The van der Waals surface area contributed by atoms with E-state index in [1.165, 1.54) is 32.1 Å². The van der Waals surface area contributed by atoms with Gasteiger partial charge in [0.15, 0.2) is 0 Å². The molecule has 0 amide bonds. The highest BCUT2D eigenvalue weighted by Gasteiger charge is 2.59. The van der Waals surface area contributed by atoms with Crippen LogP contribution in [0, 0.1) is 46.3 Å². The summed E-state index contributed by atoms with van der Waals surface area (Å²) in [5.74, 6) is 4.44. The van der Waals surface area contributed by atoms with Gasteiger partial charge in [-0.2, -0.15) is 0 Å². The van der Waals surface area contributed by atoms with Crippen LogP contribution in [0.2, 0.25) is 0 Å². The van der Waals surface area contributed by atoms with E-state index in [4.69, 9.17) is 5.73 Å². The number of nitrogens with two attached hydrogens (primary N) is 1. The fraction of sp³-hybridized carbons (Fsp3) is 0.852. The Morgan fingerprint density at radius 1 is 1.03 bits per heavy atom. The molecule has 2 nitrogen and oxygen atoms in total. The number of fused-ring (bicyclic) bond motifs is 5. The summed E-state index contributed by atoms with van der Waals surface area (Å²) in [4.78, 5) is 0. The van der Waals surface area contributed by atoms with Gasteiger partial charge in [-0.05, 0) is 97.7 Å². The topological polar surface area (TPSA) is 46.2 Å². The predicted molar refractivity (Wildman–Crippen MR) is 122 cm³/mol. The summed E-state index contributed by atoms with van der Waals surface area (Å²) in [6.45, 7) is 9.83. The van der Waals surface area contributed by atoms with Crippen LogP contribution in [0.25, 0.3) is 0 Å². The van der Waals surface area contributed by atoms with Gasteiger partial charge in [0.1, 0.15) is 0 Å². The van der Waals surface area contributed by atoms with Crippen LogP contribution < -0.4 is 5.73 Å². The Balaban J connectivity index is 1.52. The lowest BCUT2D eigenvalue weighted by molar-refractivity contribution is -0.0795. The summed E-state index contributed by atoms with van der Waals surface area (Å²) in [6, 6.07) is 0.225. The van der Waals surface area contributed by atoms with Crippen LogP contribution >= 0.6 is 0 Å². The van der Waals surface area contributed by atoms with E-state index in [9.17, 15) is 5.11 Å². The van der Waals surface area contributed by atoms with Crippen LogP contribution in [0.4, 0.5) is 0 Å². The number of aliphatic hydroxyl groups excluding tert-OH is 1. The third-order valence-electron chi connectivity index (χ3n) is 10.1. The number of hydrogen-bond acceptors (Lipinski definition) is 2. The van der Waals surface area contributed by atoms with Gasteiger partial charge in [-0.25, -0.2) is 0 Å². The average molecular weight is 400 g/mol. The highest BCUT2D eigenvalue weighted by molar-refractivity contribution is 5.19. The van der Waals surface area contributed by atoms with E-state index in [1.54, 1.807) is 0 Å². The summed E-state index contributed by atoms with van der Waals surface area (Å²) >= 11 is 0. The van der Waals surface area contributed by atoms with Crippen LogP contribution in [0.15, 0.2) is 24.3 Å². The molecular formula is C27H45NO. The Kier molecular flexibility index (Phi) is 6.08. The highest BCUT2D eigenvalue weighted by atomic mass is 16.3. The van der Waals surface area contributed by atoms with E-state index >= 15 is 0 Å². The molecule has 4 aliphatic carbocycles. The maximum absolute atomic E-state index is 10.2. The second-order valence-corrected chi connectivity index (χ2v) is 11.6. The molecule has 0 aromatic heterocycles. The Hall–Kier alpha value is -0.600. The van der Waals surface area contributed by atoms with E-state index in [0.29, 0.717) is 22.7 Å². The number of aliphatic hydroxyl groups is 1. The van der Waals surface area contributed by atoms with Gasteiger partial charge in [0.25, 0.3) is 0 Å². The van der Waals surface area contributed by atoms with Crippen LogP contribution in [-0.2, 0) is 0 Å². The maximum Gasteiger partial charge on any atom is 0.0546 e. The molecule has 2 unspecified atom stereocenters. The molecule has 164 valence electrons. The molecule has 4 rings (SSSR count). The SMILES string of the molecule is CCC[C@@H](N)/C=C/[C@@H](C)[C@H]1CC[C@H]2C3C=CC4C[C@@H](O)CC[C@]4(C)[C@H]3CC[C@]12C. The van der Waals surface area contributed by atoms with Crippen molar-refractivity contribution in [1.29, 1.82) is 0 Å². The van der Waals surface area contributed by atoms with Gasteiger partial charge < -0.3 is 10.8 Å². The molecule has 0 spiro atoms. The second kappa shape index (κ2) is 8.15. The van der Waals surface area contributed by atoms with Gasteiger partial charge in [-0.15, -0.1) is 0 Å². The zero-order valence-corrected chi connectivity index (χ0v) is 19.3. The first-order valence-electron chi connectivity index (χ1n) is 12.6. The summed E-state index contributed by atoms with van der Waals surface area (Å²) in [5.41, 5.74) is 7.14. The molecular weight excluding hydrogens is 354 g/mol. The minimum absolute atomic E-state index is 0.0780. The van der Waals surface area contributed by atoms with Crippen molar-refractivity contribution in [2.24, 2.45) is 52.1 Å². The number of allylic oxidation sites excluding steroid dienone is 3. The third-order valence-corrected chi connectivity index (χ3v) is 10.1. The van der Waals surface area contributed by atoms with Crippen molar-refractivity contribution in [2.45, 2.75) is 97.6 Å². The second-order valence-electron chi connectivity index (χ2n) is 11.6. The van der Waals surface area contributed by atoms with Crippen molar-refractivity contribution < 1.29 is 5.11 Å². The summed E-state index contributed by atoms with van der Waals surface area (Å²) < 4.78 is 0. The summed E-state index contributed by atoms with van der Waals surface area (Å²) in [6.07, 6.45) is 20.8. The molecule has 0 saturated heterocycles. The van der Waals surface area contributed by atoms with E-state index in [0.717, 1.165) is 49.4 Å². The van der Waals surface area contributed by atoms with Gasteiger partial charge in [0.2, 0.25) is 0 Å². The van der Waals surface area contributed by atoms with E-state index < -0.39 is 0 Å². The molecule has 3 N–H and O–H groups in total. The van der Waals surface area contributed by atoms with Crippen LogP contribution in [0.5, 0.6) is 0 Å². The lowest BCUT2D eigenvalue weighted by Gasteiger charge is -2.59. The maximum atomic E-state index is 10.2. The first-order valence-corrected chi connectivity index (χ1v) is 12.6. The lowest BCUT2D eigenvalue weighted by atomic mass is 9.46. The van der Waals surface area contributed by atoms with Crippen LogP contribution in [0.1, 0.15) is 85.5 Å². The van der Waals surface area contributed by atoms with Gasteiger partial charge in [-0.3, -0.25) is 0 Å². The molecule has 3 fully saturated rings. The number of hydrogen-bond donors (Lipinski definition) is 2. The molecule has 0 bridgehead atoms. The van der Waals surface area contributed by atoms with Crippen molar-refractivity contribution >= 4 is 0 Å². The predicted octanol–water partition coefficient (Wildman–Crippen LogP) is 6.10. The summed E-state index contributed by atoms with van der Waals surface area (Å²) in [7, 11) is 0. The summed E-state index contributed by atoms with van der Waals surface area (Å²) in [5, 5.41) is 10.2. The molecule has 10 atom stereocenters. The van der Waals surface area contributed by atoms with Crippen molar-refractivity contribution in [3.63, 3.8) is 0 Å². The van der Waals surface area contributed by atoms with Gasteiger partial charge in [0, 0.05) is 6.04 Å². The molecule has 3 saturated carbocycles. The lowest BCUT2D eigenvalue weighted by Crippen LogP contribution is -2.52. The highest BCUT2D eigenvalue weighted by Crippen LogP contribution is 2.66. The quantitative estimate of drug-likeness (QED) is 0.548. The van der Waals surface area contributed by atoms with Crippen molar-refractivity contribution in [1.82, 2.24) is 0 Å². The smallest absolute Gasteiger partial charge is 0.0546 e. The first-order chi connectivity index (χ1) is 13.8. The number of rotatable bonds is 5. The fourth-order valence-corrected chi connectivity index (χ4v) is 8.38. The minimum atomic E-state index is -0.0780. The monoisotopic (exact) mass is 399 g/mol. The largest absolute Gasteiger partial charge is 0.393 e. The zero-order chi connectivity index (χ0) is 20.8. The molecule has 0 heterocycles. The Morgan fingerprint density at radius 2 is 1.76 bits per heavy atom. The van der Waals surface area contributed by atoms with Crippen molar-refractivity contribution in [3.05, 3.63) is 24.3 Å². The van der Waals surface area contributed by atoms with Gasteiger partial charge in [-0.1, -0.05) is 58.4 Å². The Labute approximate surface area is 179 Å². The standard InChI is InChI=1S/C27H45NO/c1-5-6-20(28)9-7-18(2)23-11-12-24-22-10-8-19-17-21(29)13-15-26(19,3)25(22)14-16-27(23,24)4/h7-10,18-25,29H,5-6,11-17,28H2,1-4H3/b9-7+/t18-,19?,20-,21+,22?,23-,24+,25+,26+,27-/m1/s1. The normalized spacial score (nSPS) is 48.8.